The van der Waals surface area contributed by atoms with Crippen LogP contribution in [-0.2, 0) is 0 Å². The van der Waals surface area contributed by atoms with Gasteiger partial charge in [0.15, 0.2) is 0 Å². The number of aliphatic hydroxyl groups excluding tert-OH is 1. The standard InChI is InChI=1S/C8H17NO/c9-6-5-7-3-1-2-4-8(7)10/h7-8,10H,1-6,9H2. The van der Waals surface area contributed by atoms with E-state index in [9.17, 15) is 5.11 Å². The first-order valence-corrected chi connectivity index (χ1v) is 4.22. The normalized spacial score (nSPS) is 34.2. The van der Waals surface area contributed by atoms with Gasteiger partial charge in [0.1, 0.15) is 0 Å². The molecule has 0 spiro atoms. The van der Waals surface area contributed by atoms with E-state index in [4.69, 9.17) is 5.73 Å². The van der Waals surface area contributed by atoms with Crippen LogP contribution in [0.5, 0.6) is 0 Å². The topological polar surface area (TPSA) is 46.2 Å². The molecule has 60 valence electrons. The van der Waals surface area contributed by atoms with E-state index in [0.29, 0.717) is 5.92 Å². The zero-order chi connectivity index (χ0) is 7.40. The summed E-state index contributed by atoms with van der Waals surface area (Å²) in [5.41, 5.74) is 5.41. The Hall–Kier alpha value is -0.0800. The molecule has 1 rings (SSSR count). The molecule has 0 radical (unpaired) electrons. The predicted octanol–water partition coefficient (Wildman–Crippen LogP) is 0.886. The molecule has 1 aliphatic rings. The molecule has 1 aliphatic carbocycles. The minimum absolute atomic E-state index is 0.0581. The number of nitrogens with two attached hydrogens (primary N) is 1. The van der Waals surface area contributed by atoms with Crippen molar-refractivity contribution < 1.29 is 5.11 Å². The fourth-order valence-electron chi connectivity index (χ4n) is 1.74. The van der Waals surface area contributed by atoms with E-state index in [1.165, 1.54) is 19.3 Å². The molecule has 0 heterocycles. The van der Waals surface area contributed by atoms with E-state index < -0.39 is 0 Å². The average molecular weight is 143 g/mol. The van der Waals surface area contributed by atoms with Crippen LogP contribution in [0.15, 0.2) is 0 Å². The van der Waals surface area contributed by atoms with E-state index >= 15 is 0 Å². The molecule has 0 aromatic rings. The lowest BCUT2D eigenvalue weighted by Crippen LogP contribution is -2.26. The third-order valence-corrected chi connectivity index (χ3v) is 2.41. The molecular weight excluding hydrogens is 126 g/mol. The van der Waals surface area contributed by atoms with E-state index in [1.807, 2.05) is 0 Å². The maximum atomic E-state index is 9.44. The summed E-state index contributed by atoms with van der Waals surface area (Å²) in [6, 6.07) is 0. The lowest BCUT2D eigenvalue weighted by Gasteiger charge is -2.26. The summed E-state index contributed by atoms with van der Waals surface area (Å²) in [5, 5.41) is 9.44. The summed E-state index contributed by atoms with van der Waals surface area (Å²) in [7, 11) is 0. The predicted molar refractivity (Wildman–Crippen MR) is 41.6 cm³/mol. The Balaban J connectivity index is 2.25. The van der Waals surface area contributed by atoms with Gasteiger partial charge in [0.05, 0.1) is 6.10 Å². The zero-order valence-corrected chi connectivity index (χ0v) is 6.42. The number of hydrogen-bond donors (Lipinski definition) is 2. The van der Waals surface area contributed by atoms with Crippen LogP contribution in [0.2, 0.25) is 0 Å². The quantitative estimate of drug-likeness (QED) is 0.603. The van der Waals surface area contributed by atoms with Gasteiger partial charge in [-0.2, -0.15) is 0 Å². The molecule has 0 amide bonds. The molecule has 2 heteroatoms. The first kappa shape index (κ1) is 8.02. The Kier molecular flexibility index (Phi) is 3.16. The summed E-state index contributed by atoms with van der Waals surface area (Å²) in [6.07, 6.45) is 5.59. The van der Waals surface area contributed by atoms with Crippen molar-refractivity contribution in [3.63, 3.8) is 0 Å². The fraction of sp³-hybridized carbons (Fsp3) is 1.00. The van der Waals surface area contributed by atoms with Crippen LogP contribution in [0.3, 0.4) is 0 Å². The molecule has 0 aromatic heterocycles. The second kappa shape index (κ2) is 3.94. The van der Waals surface area contributed by atoms with E-state index in [-0.39, 0.29) is 6.10 Å². The van der Waals surface area contributed by atoms with E-state index in [1.54, 1.807) is 0 Å². The van der Waals surface area contributed by atoms with E-state index in [2.05, 4.69) is 0 Å². The van der Waals surface area contributed by atoms with Crippen molar-refractivity contribution in [2.45, 2.75) is 38.2 Å². The van der Waals surface area contributed by atoms with Crippen LogP contribution >= 0.6 is 0 Å². The highest BCUT2D eigenvalue weighted by Crippen LogP contribution is 2.26. The lowest BCUT2D eigenvalue weighted by molar-refractivity contribution is 0.0666. The van der Waals surface area contributed by atoms with Gasteiger partial charge in [0.2, 0.25) is 0 Å². The first-order valence-electron chi connectivity index (χ1n) is 4.22. The molecule has 2 nitrogen and oxygen atoms in total. The van der Waals surface area contributed by atoms with Gasteiger partial charge >= 0.3 is 0 Å². The molecule has 1 fully saturated rings. The largest absolute Gasteiger partial charge is 0.393 e. The van der Waals surface area contributed by atoms with Crippen LogP contribution in [0, 0.1) is 5.92 Å². The molecule has 0 aliphatic heterocycles. The van der Waals surface area contributed by atoms with Gasteiger partial charge in [-0.1, -0.05) is 12.8 Å². The Morgan fingerprint density at radius 3 is 2.60 bits per heavy atom. The van der Waals surface area contributed by atoms with E-state index in [0.717, 1.165) is 19.4 Å². The lowest BCUT2D eigenvalue weighted by atomic mass is 9.84. The summed E-state index contributed by atoms with van der Waals surface area (Å²) >= 11 is 0. The van der Waals surface area contributed by atoms with Crippen LogP contribution in [0.25, 0.3) is 0 Å². The van der Waals surface area contributed by atoms with Crippen molar-refractivity contribution in [1.29, 1.82) is 0 Å². The van der Waals surface area contributed by atoms with Gasteiger partial charge < -0.3 is 10.8 Å². The average Bonchev–Trinajstić information content (AvgIpc) is 1.94. The highest BCUT2D eigenvalue weighted by molar-refractivity contribution is 4.74. The van der Waals surface area contributed by atoms with Gasteiger partial charge in [-0.15, -0.1) is 0 Å². The Morgan fingerprint density at radius 1 is 1.30 bits per heavy atom. The van der Waals surface area contributed by atoms with Crippen molar-refractivity contribution in [3.8, 4) is 0 Å². The molecule has 1 saturated carbocycles. The number of aliphatic hydroxyl groups is 1. The molecule has 2 atom stereocenters. The molecule has 0 aromatic carbocycles. The maximum Gasteiger partial charge on any atom is 0.0568 e. The Labute approximate surface area is 62.4 Å². The van der Waals surface area contributed by atoms with Gasteiger partial charge in [-0.3, -0.25) is 0 Å². The van der Waals surface area contributed by atoms with Crippen molar-refractivity contribution in [2.75, 3.05) is 6.54 Å². The van der Waals surface area contributed by atoms with Crippen molar-refractivity contribution >= 4 is 0 Å². The Bertz CT molecular complexity index is 93.3. The SMILES string of the molecule is NCCC1CCCCC1O. The smallest absolute Gasteiger partial charge is 0.0568 e. The second-order valence-corrected chi connectivity index (χ2v) is 3.19. The summed E-state index contributed by atoms with van der Waals surface area (Å²) in [4.78, 5) is 0. The molecule has 2 unspecified atom stereocenters. The zero-order valence-electron chi connectivity index (χ0n) is 6.42. The van der Waals surface area contributed by atoms with Crippen LogP contribution < -0.4 is 5.73 Å². The second-order valence-electron chi connectivity index (χ2n) is 3.19. The minimum Gasteiger partial charge on any atom is -0.393 e. The number of hydrogen-bond acceptors (Lipinski definition) is 2. The van der Waals surface area contributed by atoms with Gasteiger partial charge in [-0.25, -0.2) is 0 Å². The third kappa shape index (κ3) is 1.96. The van der Waals surface area contributed by atoms with Crippen molar-refractivity contribution in [3.05, 3.63) is 0 Å². The minimum atomic E-state index is -0.0581. The Morgan fingerprint density at radius 2 is 2.00 bits per heavy atom. The van der Waals surface area contributed by atoms with Crippen LogP contribution in [-0.4, -0.2) is 17.8 Å². The molecule has 0 bridgehead atoms. The maximum absolute atomic E-state index is 9.44. The van der Waals surface area contributed by atoms with Crippen molar-refractivity contribution in [1.82, 2.24) is 0 Å². The summed E-state index contributed by atoms with van der Waals surface area (Å²) < 4.78 is 0. The third-order valence-electron chi connectivity index (χ3n) is 2.41. The van der Waals surface area contributed by atoms with Crippen LogP contribution in [0.1, 0.15) is 32.1 Å². The van der Waals surface area contributed by atoms with Crippen LogP contribution in [0.4, 0.5) is 0 Å². The number of rotatable bonds is 2. The van der Waals surface area contributed by atoms with Gasteiger partial charge in [0, 0.05) is 0 Å². The molecule has 3 N–H and O–H groups in total. The summed E-state index contributed by atoms with van der Waals surface area (Å²) in [6.45, 7) is 0.724. The summed E-state index contributed by atoms with van der Waals surface area (Å²) in [5.74, 6) is 0.499. The highest BCUT2D eigenvalue weighted by atomic mass is 16.3. The van der Waals surface area contributed by atoms with Gasteiger partial charge in [0.25, 0.3) is 0 Å². The molecule has 10 heavy (non-hydrogen) atoms. The molecule has 0 saturated heterocycles. The van der Waals surface area contributed by atoms with Gasteiger partial charge in [-0.05, 0) is 31.7 Å². The molecular formula is C8H17NO. The monoisotopic (exact) mass is 143 g/mol. The first-order chi connectivity index (χ1) is 4.84. The highest BCUT2D eigenvalue weighted by Gasteiger charge is 2.21. The fourth-order valence-corrected chi connectivity index (χ4v) is 1.74. The van der Waals surface area contributed by atoms with Crippen molar-refractivity contribution in [2.24, 2.45) is 11.7 Å².